The van der Waals surface area contributed by atoms with E-state index < -0.39 is 11.6 Å². The van der Waals surface area contributed by atoms with Gasteiger partial charge in [0.2, 0.25) is 11.8 Å². The number of amides is 2. The summed E-state index contributed by atoms with van der Waals surface area (Å²) < 4.78 is 13.0. The van der Waals surface area contributed by atoms with Crippen LogP contribution in [0, 0.1) is 0 Å². The first-order chi connectivity index (χ1) is 18.4. The summed E-state index contributed by atoms with van der Waals surface area (Å²) in [6.07, 6.45) is 3.94. The predicted octanol–water partition coefficient (Wildman–Crippen LogP) is 3.68. The second-order valence-corrected chi connectivity index (χ2v) is 9.74. The molecular weight excluding hydrogens is 484 g/mol. The average molecular weight is 515 g/mol. The first-order valence-electron chi connectivity index (χ1n) is 12.6. The molecule has 0 saturated carbocycles. The zero-order chi connectivity index (χ0) is 26.7. The lowest BCUT2D eigenvalue weighted by Gasteiger charge is -2.35. The van der Waals surface area contributed by atoms with Crippen LogP contribution in [0.5, 0.6) is 11.5 Å². The maximum Gasteiger partial charge on any atom is 0.249 e. The molecule has 0 fully saturated rings. The number of aromatic nitrogens is 4. The maximum atomic E-state index is 14.1. The molecule has 2 aromatic carbocycles. The number of anilines is 1. The standard InChI is InChI=1S/C28H30N6O4/c1-4-28(2,3)30-27(36)26(19-8-7-13-29-17-19)34(20-11-12-23-24(16-20)38-15-14-37-23)25(35)18-33-22-10-6-5-9-21(22)31-32-33/h5-13,16-17,26H,4,14-15,18H2,1-3H3,(H,30,36)/t26-/m0/s1. The third-order valence-electron chi connectivity index (χ3n) is 6.63. The summed E-state index contributed by atoms with van der Waals surface area (Å²) in [5.41, 5.74) is 1.97. The number of hydrogen-bond acceptors (Lipinski definition) is 7. The van der Waals surface area contributed by atoms with Crippen molar-refractivity contribution in [3.63, 3.8) is 0 Å². The lowest BCUT2D eigenvalue weighted by molar-refractivity contribution is -0.128. The van der Waals surface area contributed by atoms with Gasteiger partial charge in [-0.3, -0.25) is 19.5 Å². The van der Waals surface area contributed by atoms with Crippen LogP contribution in [-0.2, 0) is 16.1 Å². The highest BCUT2D eigenvalue weighted by Gasteiger charge is 2.36. The van der Waals surface area contributed by atoms with Crippen LogP contribution in [0.2, 0.25) is 0 Å². The second kappa shape index (κ2) is 10.5. The normalized spacial score (nSPS) is 13.7. The van der Waals surface area contributed by atoms with E-state index in [1.54, 1.807) is 42.7 Å². The Bertz CT molecular complexity index is 1450. The summed E-state index contributed by atoms with van der Waals surface area (Å²) >= 11 is 0. The molecule has 4 aromatic rings. The van der Waals surface area contributed by atoms with Crippen molar-refractivity contribution in [3.8, 4) is 11.5 Å². The summed E-state index contributed by atoms with van der Waals surface area (Å²) in [5, 5.41) is 11.5. The van der Waals surface area contributed by atoms with Crippen LogP contribution in [0.1, 0.15) is 38.8 Å². The average Bonchev–Trinajstić information content (AvgIpc) is 3.34. The van der Waals surface area contributed by atoms with Gasteiger partial charge in [0.15, 0.2) is 11.5 Å². The van der Waals surface area contributed by atoms with Crippen molar-refractivity contribution >= 4 is 28.5 Å². The number of nitrogens with zero attached hydrogens (tertiary/aromatic N) is 5. The lowest BCUT2D eigenvalue weighted by Crippen LogP contribution is -2.51. The number of benzene rings is 2. The molecule has 196 valence electrons. The molecule has 0 unspecified atom stereocenters. The Kier molecular flexibility index (Phi) is 6.95. The molecule has 10 heteroatoms. The van der Waals surface area contributed by atoms with Gasteiger partial charge in [0, 0.05) is 35.2 Å². The van der Waals surface area contributed by atoms with E-state index in [1.165, 1.54) is 9.58 Å². The zero-order valence-corrected chi connectivity index (χ0v) is 21.6. The van der Waals surface area contributed by atoms with Crippen LogP contribution in [0.3, 0.4) is 0 Å². The minimum atomic E-state index is -1.00. The van der Waals surface area contributed by atoms with Crippen molar-refractivity contribution in [1.29, 1.82) is 0 Å². The highest BCUT2D eigenvalue weighted by molar-refractivity contribution is 6.02. The van der Waals surface area contributed by atoms with E-state index in [0.29, 0.717) is 47.9 Å². The molecule has 1 aliphatic rings. The first-order valence-corrected chi connectivity index (χ1v) is 12.6. The number of fused-ring (bicyclic) bond motifs is 2. The van der Waals surface area contributed by atoms with Gasteiger partial charge in [-0.25, -0.2) is 4.68 Å². The Morgan fingerprint density at radius 2 is 1.87 bits per heavy atom. The quantitative estimate of drug-likeness (QED) is 0.382. The molecule has 1 atom stereocenters. The minimum absolute atomic E-state index is 0.129. The zero-order valence-electron chi connectivity index (χ0n) is 21.6. The van der Waals surface area contributed by atoms with Gasteiger partial charge in [-0.1, -0.05) is 30.3 Å². The fourth-order valence-electron chi connectivity index (χ4n) is 4.30. The van der Waals surface area contributed by atoms with Crippen molar-refractivity contribution < 1.29 is 19.1 Å². The van der Waals surface area contributed by atoms with E-state index in [0.717, 1.165) is 5.52 Å². The topological polar surface area (TPSA) is 111 Å². The Balaban J connectivity index is 1.61. The maximum absolute atomic E-state index is 14.1. The molecule has 2 amide bonds. The fourth-order valence-corrected chi connectivity index (χ4v) is 4.30. The van der Waals surface area contributed by atoms with Crippen LogP contribution >= 0.6 is 0 Å². The molecule has 0 aliphatic carbocycles. The Morgan fingerprint density at radius 1 is 1.08 bits per heavy atom. The fraction of sp³-hybridized carbons (Fsp3) is 0.321. The van der Waals surface area contributed by atoms with Gasteiger partial charge in [0.25, 0.3) is 0 Å². The summed E-state index contributed by atoms with van der Waals surface area (Å²) in [6.45, 7) is 6.61. The molecule has 3 heterocycles. The van der Waals surface area contributed by atoms with Gasteiger partial charge in [-0.15, -0.1) is 5.10 Å². The molecule has 5 rings (SSSR count). The molecule has 0 bridgehead atoms. The van der Waals surface area contributed by atoms with E-state index in [4.69, 9.17) is 9.47 Å². The number of nitrogens with one attached hydrogen (secondary N) is 1. The van der Waals surface area contributed by atoms with Crippen LogP contribution < -0.4 is 19.7 Å². The number of carbonyl (C=O) groups excluding carboxylic acids is 2. The lowest BCUT2D eigenvalue weighted by atomic mass is 9.99. The van der Waals surface area contributed by atoms with Gasteiger partial charge in [0.05, 0.1) is 5.52 Å². The Labute approximate surface area is 220 Å². The number of hydrogen-bond donors (Lipinski definition) is 1. The van der Waals surface area contributed by atoms with Gasteiger partial charge in [-0.05, 0) is 50.6 Å². The second-order valence-electron chi connectivity index (χ2n) is 9.74. The molecule has 0 spiro atoms. The molecule has 2 aromatic heterocycles. The highest BCUT2D eigenvalue weighted by Crippen LogP contribution is 2.37. The molecule has 10 nitrogen and oxygen atoms in total. The number of carbonyl (C=O) groups is 2. The van der Waals surface area contributed by atoms with Crippen LogP contribution in [-0.4, -0.2) is 50.5 Å². The largest absolute Gasteiger partial charge is 0.486 e. The molecule has 1 N–H and O–H groups in total. The van der Waals surface area contributed by atoms with Crippen LogP contribution in [0.15, 0.2) is 67.0 Å². The molecular formula is C28H30N6O4. The van der Waals surface area contributed by atoms with Gasteiger partial charge < -0.3 is 14.8 Å². The number of rotatable bonds is 8. The number of pyridine rings is 1. The van der Waals surface area contributed by atoms with Gasteiger partial charge >= 0.3 is 0 Å². The molecule has 0 saturated heterocycles. The number of para-hydroxylation sites is 1. The van der Waals surface area contributed by atoms with E-state index >= 15 is 0 Å². The molecule has 1 aliphatic heterocycles. The smallest absolute Gasteiger partial charge is 0.249 e. The summed E-state index contributed by atoms with van der Waals surface area (Å²) in [5.74, 6) is 0.424. The first kappa shape index (κ1) is 25.2. The predicted molar refractivity (Wildman–Crippen MR) is 142 cm³/mol. The summed E-state index contributed by atoms with van der Waals surface area (Å²) in [4.78, 5) is 33.8. The van der Waals surface area contributed by atoms with Crippen LogP contribution in [0.4, 0.5) is 5.69 Å². The Morgan fingerprint density at radius 3 is 2.63 bits per heavy atom. The van der Waals surface area contributed by atoms with Crippen molar-refractivity contribution in [2.75, 3.05) is 18.1 Å². The summed E-state index contributed by atoms with van der Waals surface area (Å²) in [7, 11) is 0. The van der Waals surface area contributed by atoms with E-state index in [9.17, 15) is 9.59 Å². The molecule has 0 radical (unpaired) electrons. The van der Waals surface area contributed by atoms with Gasteiger partial charge in [-0.2, -0.15) is 0 Å². The van der Waals surface area contributed by atoms with Crippen molar-refractivity contribution in [1.82, 2.24) is 25.3 Å². The van der Waals surface area contributed by atoms with E-state index in [2.05, 4.69) is 20.6 Å². The van der Waals surface area contributed by atoms with Crippen LogP contribution in [0.25, 0.3) is 11.0 Å². The van der Waals surface area contributed by atoms with Crippen molar-refractivity contribution in [2.45, 2.75) is 45.3 Å². The Hall–Kier alpha value is -4.47. The van der Waals surface area contributed by atoms with E-state index in [1.807, 2.05) is 45.0 Å². The third kappa shape index (κ3) is 5.15. The molecule has 38 heavy (non-hydrogen) atoms. The minimum Gasteiger partial charge on any atom is -0.486 e. The van der Waals surface area contributed by atoms with E-state index in [-0.39, 0.29) is 18.4 Å². The summed E-state index contributed by atoms with van der Waals surface area (Å²) in [6, 6.07) is 15.2. The van der Waals surface area contributed by atoms with Crippen molar-refractivity contribution in [2.24, 2.45) is 0 Å². The SMILES string of the molecule is CCC(C)(C)NC(=O)[C@H](c1cccnc1)N(C(=O)Cn1nnc2ccccc21)c1ccc2c(c1)OCCO2. The van der Waals surface area contributed by atoms with Crippen molar-refractivity contribution in [3.05, 3.63) is 72.6 Å². The monoisotopic (exact) mass is 514 g/mol. The number of ether oxygens (including phenoxy) is 2. The third-order valence-corrected chi connectivity index (χ3v) is 6.63. The highest BCUT2D eigenvalue weighted by atomic mass is 16.6. The van der Waals surface area contributed by atoms with Gasteiger partial charge in [0.1, 0.15) is 31.3 Å².